The summed E-state index contributed by atoms with van der Waals surface area (Å²) in [6.07, 6.45) is 1.48. The Morgan fingerprint density at radius 2 is 2.00 bits per heavy atom. The van der Waals surface area contributed by atoms with Gasteiger partial charge in [-0.1, -0.05) is 18.2 Å². The van der Waals surface area contributed by atoms with Crippen LogP contribution in [0.5, 0.6) is 0 Å². The molecular weight excluding hydrogens is 346 g/mol. The number of carboxylic acids is 1. The molecule has 18 heavy (non-hydrogen) atoms. The number of rotatable bonds is 4. The van der Waals surface area contributed by atoms with Gasteiger partial charge >= 0.3 is 22.4 Å². The van der Waals surface area contributed by atoms with E-state index >= 15 is 0 Å². The Balaban J connectivity index is 0.00000162. The first-order valence-corrected chi connectivity index (χ1v) is 5.49. The summed E-state index contributed by atoms with van der Waals surface area (Å²) in [5.74, 6) is -1.11. The second kappa shape index (κ2) is 6.65. The summed E-state index contributed by atoms with van der Waals surface area (Å²) >= 11 is 5.21. The first kappa shape index (κ1) is 14.8. The Bertz CT molecular complexity index is 579. The van der Waals surface area contributed by atoms with Gasteiger partial charge in [-0.25, -0.2) is 4.68 Å². The number of nitrogens with zero attached hydrogens (tertiary/aromatic N) is 3. The van der Waals surface area contributed by atoms with Crippen LogP contribution in [-0.2, 0) is 33.7 Å². The summed E-state index contributed by atoms with van der Waals surface area (Å²) in [5, 5.41) is 14.4. The number of carbonyl (C=O) groups excluding carboxylic acids is 1. The van der Waals surface area contributed by atoms with E-state index < -0.39 is 5.97 Å². The third-order valence-electron chi connectivity index (χ3n) is 2.30. The molecule has 0 bridgehead atoms. The average molecular weight is 356 g/mol. The van der Waals surface area contributed by atoms with Crippen LogP contribution in [0.25, 0.3) is 5.69 Å². The molecule has 0 aliphatic heterocycles. The predicted octanol–water partition coefficient (Wildman–Crippen LogP) is 0.541. The second-order valence-electron chi connectivity index (χ2n) is 3.46. The number of benzene rings is 1. The van der Waals surface area contributed by atoms with Crippen molar-refractivity contribution in [2.75, 3.05) is 0 Å². The average Bonchev–Trinajstić information content (AvgIpc) is 2.69. The van der Waals surface area contributed by atoms with Crippen molar-refractivity contribution in [1.82, 2.24) is 14.3 Å². The van der Waals surface area contributed by atoms with Gasteiger partial charge in [0.15, 0.2) is 0 Å². The maximum Gasteiger partial charge on any atom is 1.00 e. The predicted molar refractivity (Wildman–Crippen MR) is 62.0 cm³/mol. The van der Waals surface area contributed by atoms with Crippen LogP contribution in [0.15, 0.2) is 36.7 Å². The van der Waals surface area contributed by atoms with Crippen molar-refractivity contribution in [3.63, 3.8) is 0 Å². The molecule has 7 heteroatoms. The van der Waals surface area contributed by atoms with Gasteiger partial charge in [0, 0.05) is 24.6 Å². The van der Waals surface area contributed by atoms with E-state index in [-0.39, 0.29) is 35.3 Å². The first-order chi connectivity index (χ1) is 8.18. The zero-order valence-electron chi connectivity index (χ0n) is 9.25. The van der Waals surface area contributed by atoms with E-state index in [4.69, 9.17) is 12.2 Å². The molecule has 98 valence electrons. The summed E-state index contributed by atoms with van der Waals surface area (Å²) in [6, 6.07) is 9.51. The van der Waals surface area contributed by atoms with E-state index in [0.29, 0.717) is 4.77 Å². The van der Waals surface area contributed by atoms with Crippen molar-refractivity contribution >= 4 is 18.2 Å². The van der Waals surface area contributed by atoms with Gasteiger partial charge in [0.1, 0.15) is 6.33 Å². The molecular formula is C11H10AgN3O2S. The van der Waals surface area contributed by atoms with Crippen LogP contribution in [0.2, 0.25) is 0 Å². The summed E-state index contributed by atoms with van der Waals surface area (Å²) in [7, 11) is 0. The van der Waals surface area contributed by atoms with Crippen LogP contribution in [0, 0.1) is 4.77 Å². The molecule has 0 N–H and O–H groups in total. The molecule has 0 saturated heterocycles. The number of carbonyl (C=O) groups is 1. The van der Waals surface area contributed by atoms with Gasteiger partial charge in [-0.3, -0.25) is 4.57 Å². The number of carboxylic acid groups (broad SMARTS) is 1. The second-order valence-corrected chi connectivity index (χ2v) is 3.83. The van der Waals surface area contributed by atoms with Gasteiger partial charge in [-0.2, -0.15) is 5.10 Å². The van der Waals surface area contributed by atoms with Crippen LogP contribution in [0.1, 0.15) is 6.42 Å². The zero-order chi connectivity index (χ0) is 12.3. The molecule has 0 atom stereocenters. The SMILES string of the molecule is O=C([O-])CCn1ncn(-c2ccccc2)c1=S.[Ag+]. The van der Waals surface area contributed by atoms with E-state index in [0.717, 1.165) is 5.69 Å². The molecule has 1 aromatic heterocycles. The molecule has 0 radical (unpaired) electrons. The van der Waals surface area contributed by atoms with Gasteiger partial charge in [0.25, 0.3) is 0 Å². The van der Waals surface area contributed by atoms with Crippen LogP contribution in [-0.4, -0.2) is 20.3 Å². The van der Waals surface area contributed by atoms with E-state index in [2.05, 4.69) is 5.10 Å². The van der Waals surface area contributed by atoms with E-state index in [1.165, 1.54) is 4.68 Å². The molecule has 0 aliphatic carbocycles. The number of aliphatic carboxylic acids is 1. The molecule has 1 aromatic carbocycles. The van der Waals surface area contributed by atoms with Crippen molar-refractivity contribution in [3.8, 4) is 5.69 Å². The summed E-state index contributed by atoms with van der Waals surface area (Å²) < 4.78 is 3.67. The Labute approximate surface area is 125 Å². The molecule has 0 amide bonds. The Morgan fingerprint density at radius 1 is 1.33 bits per heavy atom. The fourth-order valence-corrected chi connectivity index (χ4v) is 1.74. The maximum absolute atomic E-state index is 10.4. The van der Waals surface area contributed by atoms with Crippen LogP contribution < -0.4 is 5.11 Å². The summed E-state index contributed by atoms with van der Waals surface area (Å²) in [6.45, 7) is 0.223. The van der Waals surface area contributed by atoms with Gasteiger partial charge in [0.05, 0.1) is 0 Å². The normalized spacial score (nSPS) is 9.78. The Morgan fingerprint density at radius 3 is 2.61 bits per heavy atom. The number of aryl methyl sites for hydroxylation is 1. The third kappa shape index (κ3) is 3.39. The Hall–Kier alpha value is -1.21. The van der Waals surface area contributed by atoms with Crippen LogP contribution in [0.4, 0.5) is 0 Å². The van der Waals surface area contributed by atoms with E-state index in [9.17, 15) is 9.90 Å². The quantitative estimate of drug-likeness (QED) is 0.593. The van der Waals surface area contributed by atoms with Crippen molar-refractivity contribution in [3.05, 3.63) is 41.4 Å². The van der Waals surface area contributed by atoms with Crippen molar-refractivity contribution in [1.29, 1.82) is 0 Å². The number of hydrogen-bond acceptors (Lipinski definition) is 4. The van der Waals surface area contributed by atoms with Crippen molar-refractivity contribution in [2.45, 2.75) is 13.0 Å². The minimum Gasteiger partial charge on any atom is -0.550 e. The first-order valence-electron chi connectivity index (χ1n) is 5.08. The molecule has 1 heterocycles. The van der Waals surface area contributed by atoms with Gasteiger partial charge in [-0.05, 0) is 24.4 Å². The van der Waals surface area contributed by atoms with Crippen LogP contribution >= 0.6 is 12.2 Å². The molecule has 0 unspecified atom stereocenters. The minimum atomic E-state index is -1.11. The van der Waals surface area contributed by atoms with Gasteiger partial charge < -0.3 is 9.90 Å². The van der Waals surface area contributed by atoms with Gasteiger partial charge in [-0.15, -0.1) is 0 Å². The minimum absolute atomic E-state index is 0. The van der Waals surface area contributed by atoms with E-state index in [1.54, 1.807) is 10.9 Å². The standard InChI is InChI=1S/C11H11N3O2S.Ag/c15-10(16)6-7-14-11(17)13(8-12-14)9-4-2-1-3-5-9;/h1-5,8H,6-7H2,(H,15,16);/q;+1/p-1. The summed E-state index contributed by atoms with van der Waals surface area (Å²) in [5.41, 5.74) is 0.900. The fraction of sp³-hybridized carbons (Fsp3) is 0.182. The maximum atomic E-state index is 10.4. The Kier molecular flexibility index (Phi) is 5.49. The smallest absolute Gasteiger partial charge is 0.550 e. The topological polar surface area (TPSA) is 62.9 Å². The number of hydrogen-bond donors (Lipinski definition) is 0. The summed E-state index contributed by atoms with van der Waals surface area (Å²) in [4.78, 5) is 10.4. The van der Waals surface area contributed by atoms with Crippen LogP contribution in [0.3, 0.4) is 0 Å². The zero-order valence-corrected chi connectivity index (χ0v) is 11.5. The molecule has 0 fully saturated rings. The third-order valence-corrected chi connectivity index (χ3v) is 2.70. The molecule has 2 rings (SSSR count). The molecule has 2 aromatic rings. The van der Waals surface area contributed by atoms with Crippen molar-refractivity contribution in [2.24, 2.45) is 0 Å². The monoisotopic (exact) mass is 355 g/mol. The van der Waals surface area contributed by atoms with E-state index in [1.807, 2.05) is 30.3 Å². The molecule has 0 aliphatic rings. The fourth-order valence-electron chi connectivity index (χ4n) is 1.45. The molecule has 5 nitrogen and oxygen atoms in total. The van der Waals surface area contributed by atoms with Crippen molar-refractivity contribution < 1.29 is 32.3 Å². The number of para-hydroxylation sites is 1. The van der Waals surface area contributed by atoms with Gasteiger partial charge in [0.2, 0.25) is 4.77 Å². The largest absolute Gasteiger partial charge is 1.00 e. The number of aromatic nitrogens is 3. The molecule has 0 spiro atoms. The molecule has 0 saturated carbocycles.